The smallest absolute Gasteiger partial charge is 0.387 e. The summed E-state index contributed by atoms with van der Waals surface area (Å²) in [6, 6.07) is 10.4. The maximum absolute atomic E-state index is 12.3. The van der Waals surface area contributed by atoms with Crippen LogP contribution in [0.2, 0.25) is 0 Å². The average Bonchev–Trinajstić information content (AvgIpc) is 2.49. The van der Waals surface area contributed by atoms with Crippen LogP contribution in [0.15, 0.2) is 40.9 Å². The molecule has 2 aromatic rings. The maximum atomic E-state index is 12.3. The first-order chi connectivity index (χ1) is 11.4. The summed E-state index contributed by atoms with van der Waals surface area (Å²) in [6.07, 6.45) is -0.374. The summed E-state index contributed by atoms with van der Waals surface area (Å²) < 4.78 is 35.3. The molecule has 0 bridgehead atoms. The molecule has 0 heterocycles. The van der Waals surface area contributed by atoms with E-state index >= 15 is 0 Å². The van der Waals surface area contributed by atoms with Gasteiger partial charge in [0.25, 0.3) is 0 Å². The second kappa shape index (κ2) is 8.44. The summed E-state index contributed by atoms with van der Waals surface area (Å²) in [7, 11) is 0. The van der Waals surface area contributed by atoms with E-state index in [1.807, 2.05) is 19.1 Å². The molecule has 0 aromatic heterocycles. The molecule has 0 saturated carbocycles. The van der Waals surface area contributed by atoms with Gasteiger partial charge in [0, 0.05) is 10.9 Å². The molecule has 24 heavy (non-hydrogen) atoms. The average molecular weight is 401 g/mol. The zero-order chi connectivity index (χ0) is 17.7. The van der Waals surface area contributed by atoms with Crippen molar-refractivity contribution in [3.8, 4) is 11.5 Å². The molecule has 0 spiro atoms. The first-order valence-electron chi connectivity index (χ1n) is 7.54. The van der Waals surface area contributed by atoms with Gasteiger partial charge in [-0.25, -0.2) is 0 Å². The molecule has 1 atom stereocenters. The predicted octanol–water partition coefficient (Wildman–Crippen LogP) is 5.03. The van der Waals surface area contributed by atoms with Crippen LogP contribution in [0.3, 0.4) is 0 Å². The fourth-order valence-electron chi connectivity index (χ4n) is 2.43. The molecule has 0 aliphatic carbocycles. The number of hydrogen-bond donors (Lipinski definition) is 1. The van der Waals surface area contributed by atoms with Gasteiger partial charge in [-0.3, -0.25) is 0 Å². The number of aryl methyl sites for hydroxylation is 1. The van der Waals surface area contributed by atoms with Crippen molar-refractivity contribution >= 4 is 15.9 Å². The number of halogens is 3. The molecule has 2 aromatic carbocycles. The van der Waals surface area contributed by atoms with Crippen LogP contribution in [-0.4, -0.2) is 18.3 Å². The molecule has 0 radical (unpaired) electrons. The standard InChI is InChI=1S/C18H19BrF2O3/c1-3-23-15-9-13(8-14(19)10-15)16(22)7-12-4-5-17(11(2)6-12)24-18(20)21/h4-6,8-10,16,18,22H,3,7H2,1-2H3. The molecule has 3 nitrogen and oxygen atoms in total. The first kappa shape index (κ1) is 18.7. The lowest BCUT2D eigenvalue weighted by Crippen LogP contribution is -2.05. The van der Waals surface area contributed by atoms with Crippen LogP contribution in [0, 0.1) is 6.92 Å². The van der Waals surface area contributed by atoms with Crippen LogP contribution in [0.4, 0.5) is 8.78 Å². The molecular weight excluding hydrogens is 382 g/mol. The van der Waals surface area contributed by atoms with Gasteiger partial charge in [0.15, 0.2) is 0 Å². The monoisotopic (exact) mass is 400 g/mol. The van der Waals surface area contributed by atoms with E-state index in [-0.39, 0.29) is 5.75 Å². The number of benzene rings is 2. The summed E-state index contributed by atoms with van der Waals surface area (Å²) >= 11 is 3.40. The number of aliphatic hydroxyl groups is 1. The minimum absolute atomic E-state index is 0.143. The quantitative estimate of drug-likeness (QED) is 0.707. The van der Waals surface area contributed by atoms with Crippen LogP contribution in [-0.2, 0) is 6.42 Å². The molecule has 0 amide bonds. The van der Waals surface area contributed by atoms with E-state index < -0.39 is 12.7 Å². The predicted molar refractivity (Wildman–Crippen MR) is 91.8 cm³/mol. The molecule has 1 unspecified atom stereocenters. The van der Waals surface area contributed by atoms with Crippen molar-refractivity contribution in [3.63, 3.8) is 0 Å². The maximum Gasteiger partial charge on any atom is 0.387 e. The number of rotatable bonds is 7. The molecule has 2 rings (SSSR count). The number of ether oxygens (including phenoxy) is 2. The third kappa shape index (κ3) is 5.18. The Balaban J connectivity index is 2.14. The summed E-state index contributed by atoms with van der Waals surface area (Å²) in [6.45, 7) is 1.28. The fourth-order valence-corrected chi connectivity index (χ4v) is 2.92. The van der Waals surface area contributed by atoms with Crippen molar-refractivity contribution in [3.05, 3.63) is 57.6 Å². The van der Waals surface area contributed by atoms with Crippen LogP contribution in [0.1, 0.15) is 29.7 Å². The molecule has 0 saturated heterocycles. The number of hydrogen-bond acceptors (Lipinski definition) is 3. The Kier molecular flexibility index (Phi) is 6.57. The van der Waals surface area contributed by atoms with Gasteiger partial charge in [0.1, 0.15) is 11.5 Å². The van der Waals surface area contributed by atoms with Gasteiger partial charge in [-0.05, 0) is 54.8 Å². The van der Waals surface area contributed by atoms with Crippen molar-refractivity contribution < 1.29 is 23.4 Å². The Morgan fingerprint density at radius 3 is 2.54 bits per heavy atom. The molecular formula is C18H19BrF2O3. The van der Waals surface area contributed by atoms with Crippen LogP contribution in [0.25, 0.3) is 0 Å². The van der Waals surface area contributed by atoms with E-state index in [0.29, 0.717) is 24.3 Å². The van der Waals surface area contributed by atoms with E-state index in [9.17, 15) is 13.9 Å². The van der Waals surface area contributed by atoms with Gasteiger partial charge in [-0.1, -0.05) is 28.1 Å². The summed E-state index contributed by atoms with van der Waals surface area (Å²) in [5, 5.41) is 10.5. The Bertz CT molecular complexity index is 692. The lowest BCUT2D eigenvalue weighted by atomic mass is 10.00. The highest BCUT2D eigenvalue weighted by Gasteiger charge is 2.13. The highest BCUT2D eigenvalue weighted by atomic mass is 79.9. The van der Waals surface area contributed by atoms with Gasteiger partial charge in [-0.15, -0.1) is 0 Å². The highest BCUT2D eigenvalue weighted by Crippen LogP contribution is 2.29. The zero-order valence-corrected chi connectivity index (χ0v) is 15.0. The molecule has 0 aliphatic heterocycles. The van der Waals surface area contributed by atoms with Crippen molar-refractivity contribution in [2.24, 2.45) is 0 Å². The second-order valence-electron chi connectivity index (χ2n) is 5.35. The minimum Gasteiger partial charge on any atom is -0.494 e. The van der Waals surface area contributed by atoms with Gasteiger partial charge in [-0.2, -0.15) is 8.78 Å². The Labute approximate surface area is 148 Å². The molecule has 130 valence electrons. The Morgan fingerprint density at radius 1 is 1.17 bits per heavy atom. The molecule has 0 fully saturated rings. The van der Waals surface area contributed by atoms with E-state index in [4.69, 9.17) is 4.74 Å². The number of aliphatic hydroxyl groups excluding tert-OH is 1. The van der Waals surface area contributed by atoms with E-state index in [2.05, 4.69) is 20.7 Å². The first-order valence-corrected chi connectivity index (χ1v) is 8.34. The zero-order valence-electron chi connectivity index (χ0n) is 13.4. The third-order valence-electron chi connectivity index (χ3n) is 3.47. The summed E-state index contributed by atoms with van der Waals surface area (Å²) in [5.74, 6) is 0.821. The summed E-state index contributed by atoms with van der Waals surface area (Å²) in [5.41, 5.74) is 2.15. The van der Waals surface area contributed by atoms with Crippen LogP contribution >= 0.6 is 15.9 Å². The Hall–Kier alpha value is -1.66. The largest absolute Gasteiger partial charge is 0.494 e. The van der Waals surface area contributed by atoms with Gasteiger partial charge in [0.05, 0.1) is 12.7 Å². The van der Waals surface area contributed by atoms with Crippen LogP contribution in [0.5, 0.6) is 11.5 Å². The second-order valence-corrected chi connectivity index (χ2v) is 6.27. The van der Waals surface area contributed by atoms with Gasteiger partial charge < -0.3 is 14.6 Å². The van der Waals surface area contributed by atoms with Crippen molar-refractivity contribution in [2.75, 3.05) is 6.61 Å². The van der Waals surface area contributed by atoms with E-state index in [0.717, 1.165) is 15.6 Å². The Morgan fingerprint density at radius 2 is 1.92 bits per heavy atom. The lowest BCUT2D eigenvalue weighted by Gasteiger charge is -2.15. The SMILES string of the molecule is CCOc1cc(Br)cc(C(O)Cc2ccc(OC(F)F)c(C)c2)c1. The molecule has 1 N–H and O–H groups in total. The fraction of sp³-hybridized carbons (Fsp3) is 0.333. The van der Waals surface area contributed by atoms with E-state index in [1.54, 1.807) is 25.1 Å². The third-order valence-corrected chi connectivity index (χ3v) is 3.93. The lowest BCUT2D eigenvalue weighted by molar-refractivity contribution is -0.0503. The van der Waals surface area contributed by atoms with E-state index in [1.165, 1.54) is 6.07 Å². The van der Waals surface area contributed by atoms with Gasteiger partial charge >= 0.3 is 6.61 Å². The number of alkyl halides is 2. The highest BCUT2D eigenvalue weighted by molar-refractivity contribution is 9.10. The minimum atomic E-state index is -2.85. The molecule has 0 aliphatic rings. The van der Waals surface area contributed by atoms with Gasteiger partial charge in [0.2, 0.25) is 0 Å². The van der Waals surface area contributed by atoms with Crippen LogP contribution < -0.4 is 9.47 Å². The van der Waals surface area contributed by atoms with Crippen molar-refractivity contribution in [2.45, 2.75) is 33.0 Å². The van der Waals surface area contributed by atoms with Crippen molar-refractivity contribution in [1.82, 2.24) is 0 Å². The topological polar surface area (TPSA) is 38.7 Å². The normalized spacial score (nSPS) is 12.3. The summed E-state index contributed by atoms with van der Waals surface area (Å²) in [4.78, 5) is 0. The molecule has 6 heteroatoms. The van der Waals surface area contributed by atoms with Crippen molar-refractivity contribution in [1.29, 1.82) is 0 Å².